The van der Waals surface area contributed by atoms with Gasteiger partial charge in [-0.2, -0.15) is 4.31 Å². The van der Waals surface area contributed by atoms with Gasteiger partial charge in [0.2, 0.25) is 10.0 Å². The number of para-hydroxylation sites is 1. The Morgan fingerprint density at radius 2 is 1.65 bits per heavy atom. The second-order valence-electron chi connectivity index (χ2n) is 8.88. The predicted octanol–water partition coefficient (Wildman–Crippen LogP) is 5.04. The zero-order valence-electron chi connectivity index (χ0n) is 18.9. The van der Waals surface area contributed by atoms with Crippen molar-refractivity contribution < 1.29 is 18.3 Å². The van der Waals surface area contributed by atoms with Gasteiger partial charge >= 0.3 is 0 Å². The molecule has 0 aromatic heterocycles. The number of non-ortho nitro benzene ring substituents is 1. The van der Waals surface area contributed by atoms with Gasteiger partial charge in [0, 0.05) is 42.8 Å². The molecule has 1 aliphatic carbocycles. The maximum atomic E-state index is 13.5. The maximum absolute atomic E-state index is 13.5. The lowest BCUT2D eigenvalue weighted by Crippen LogP contribution is -2.34. The van der Waals surface area contributed by atoms with Gasteiger partial charge in [0.05, 0.1) is 14.7 Å². The van der Waals surface area contributed by atoms with Crippen LogP contribution < -0.4 is 0 Å². The molecule has 4 rings (SSSR count). The van der Waals surface area contributed by atoms with Crippen LogP contribution in [0.2, 0.25) is 0 Å². The molecule has 9 nitrogen and oxygen atoms in total. The van der Waals surface area contributed by atoms with Crippen molar-refractivity contribution in [1.29, 1.82) is 0 Å². The summed E-state index contributed by atoms with van der Waals surface area (Å²) in [7, 11) is -3.88. The molecule has 0 amide bonds. The van der Waals surface area contributed by atoms with E-state index in [9.17, 15) is 28.6 Å². The van der Waals surface area contributed by atoms with E-state index in [1.165, 1.54) is 34.6 Å². The van der Waals surface area contributed by atoms with Crippen LogP contribution in [0.15, 0.2) is 65.1 Å². The molecule has 0 spiro atoms. The van der Waals surface area contributed by atoms with Crippen molar-refractivity contribution in [2.75, 3.05) is 13.1 Å². The molecule has 0 saturated carbocycles. The number of allylic oxidation sites excluding steroid dienone is 2. The van der Waals surface area contributed by atoms with Gasteiger partial charge < -0.3 is 0 Å². The smallest absolute Gasteiger partial charge is 0.258 e. The summed E-state index contributed by atoms with van der Waals surface area (Å²) in [6.07, 6.45) is 5.10. The number of rotatable bonds is 6. The second kappa shape index (κ2) is 9.63. The van der Waals surface area contributed by atoms with Crippen LogP contribution in [0.5, 0.6) is 0 Å². The van der Waals surface area contributed by atoms with Gasteiger partial charge in [-0.1, -0.05) is 36.8 Å². The van der Waals surface area contributed by atoms with Crippen LogP contribution in [0.1, 0.15) is 44.1 Å². The first-order valence-corrected chi connectivity index (χ1v) is 12.8. The predicted molar refractivity (Wildman–Crippen MR) is 127 cm³/mol. The Hall–Kier alpha value is -3.11. The Kier molecular flexibility index (Phi) is 6.81. The van der Waals surface area contributed by atoms with Crippen molar-refractivity contribution in [2.45, 2.75) is 43.4 Å². The van der Waals surface area contributed by atoms with Crippen molar-refractivity contribution in [2.24, 2.45) is 11.8 Å². The minimum absolute atomic E-state index is 0.0102. The summed E-state index contributed by atoms with van der Waals surface area (Å²) in [4.78, 5) is 21.8. The van der Waals surface area contributed by atoms with E-state index < -0.39 is 14.9 Å². The largest absolute Gasteiger partial charge is 0.273 e. The van der Waals surface area contributed by atoms with Gasteiger partial charge in [-0.15, -0.1) is 0 Å². The van der Waals surface area contributed by atoms with Crippen LogP contribution in [0, 0.1) is 32.1 Å². The molecule has 2 aliphatic rings. The number of nitrogens with zero attached hydrogens (tertiary/aromatic N) is 3. The molecule has 34 heavy (non-hydrogen) atoms. The number of sulfonamides is 1. The Morgan fingerprint density at radius 3 is 2.29 bits per heavy atom. The molecule has 0 radical (unpaired) electrons. The lowest BCUT2D eigenvalue weighted by atomic mass is 9.85. The quantitative estimate of drug-likeness (QED) is 0.321. The van der Waals surface area contributed by atoms with E-state index >= 15 is 0 Å². The number of nitro groups is 2. The standard InChI is InChI=1S/C24H27N3O6S/c1-2-17-15-19-16-18(17)11-13-25(34(32,33)21-9-7-20(8-10-21)26(28)29)14-12-22(19)23-5-3-4-6-24(23)27(30)31/h3-10,15,17-18,22H,2,11-14,16H2,1H3/t17-,18-,22?/m1/s1. The summed E-state index contributed by atoms with van der Waals surface area (Å²) < 4.78 is 28.3. The summed E-state index contributed by atoms with van der Waals surface area (Å²) in [5, 5.41) is 22.7. The molecule has 1 saturated heterocycles. The SMILES string of the molecule is CC[C@@H]1C=C2C[C@H]1CCN(S(=O)(=O)c1ccc([N+](=O)[O-])cc1)CCC2c1ccccc1[N+](=O)[O-]. The summed E-state index contributed by atoms with van der Waals surface area (Å²) in [5.74, 6) is 0.341. The van der Waals surface area contributed by atoms with E-state index in [1.807, 2.05) is 0 Å². The molecule has 1 unspecified atom stereocenters. The Bertz CT molecular complexity index is 1230. The molecule has 0 N–H and O–H groups in total. The fourth-order valence-corrected chi connectivity index (χ4v) is 6.74. The van der Waals surface area contributed by atoms with E-state index in [0.717, 1.165) is 18.4 Å². The van der Waals surface area contributed by atoms with Crippen LogP contribution in [-0.2, 0) is 10.0 Å². The molecule has 1 aliphatic heterocycles. The maximum Gasteiger partial charge on any atom is 0.273 e. The molecule has 180 valence electrons. The lowest BCUT2D eigenvalue weighted by Gasteiger charge is -2.26. The molecular formula is C24H27N3O6S. The van der Waals surface area contributed by atoms with E-state index in [0.29, 0.717) is 30.9 Å². The normalized spacial score (nSPS) is 23.4. The van der Waals surface area contributed by atoms with Gasteiger partial charge in [0.1, 0.15) is 0 Å². The highest BCUT2D eigenvalue weighted by Gasteiger charge is 2.37. The fourth-order valence-electron chi connectivity index (χ4n) is 5.27. The van der Waals surface area contributed by atoms with Crippen LogP contribution in [-0.4, -0.2) is 35.7 Å². The Morgan fingerprint density at radius 1 is 0.971 bits per heavy atom. The molecule has 2 aromatic rings. The second-order valence-corrected chi connectivity index (χ2v) is 10.8. The van der Waals surface area contributed by atoms with E-state index in [4.69, 9.17) is 0 Å². The monoisotopic (exact) mass is 485 g/mol. The molecule has 2 aromatic carbocycles. The minimum atomic E-state index is -3.88. The Balaban J connectivity index is 1.70. The minimum Gasteiger partial charge on any atom is -0.258 e. The zero-order valence-corrected chi connectivity index (χ0v) is 19.7. The highest BCUT2D eigenvalue weighted by atomic mass is 32.2. The highest BCUT2D eigenvalue weighted by molar-refractivity contribution is 7.89. The first kappa shape index (κ1) is 24.0. The average molecular weight is 486 g/mol. The first-order chi connectivity index (χ1) is 16.2. The van der Waals surface area contributed by atoms with Gasteiger partial charge in [0.25, 0.3) is 11.4 Å². The summed E-state index contributed by atoms with van der Waals surface area (Å²) >= 11 is 0. The Labute approximate surface area is 198 Å². The van der Waals surface area contributed by atoms with Crippen LogP contribution >= 0.6 is 0 Å². The van der Waals surface area contributed by atoms with Crippen LogP contribution in [0.3, 0.4) is 0 Å². The molecule has 2 bridgehead atoms. The third-order valence-corrected chi connectivity index (χ3v) is 8.97. The van der Waals surface area contributed by atoms with E-state index in [-0.39, 0.29) is 39.6 Å². The first-order valence-electron chi connectivity index (χ1n) is 11.4. The van der Waals surface area contributed by atoms with E-state index in [2.05, 4.69) is 13.0 Å². The summed E-state index contributed by atoms with van der Waals surface area (Å²) in [5.41, 5.74) is 1.65. The summed E-state index contributed by atoms with van der Waals surface area (Å²) in [6.45, 7) is 2.65. The van der Waals surface area contributed by atoms with Gasteiger partial charge in [0.15, 0.2) is 0 Å². The van der Waals surface area contributed by atoms with Crippen molar-refractivity contribution in [3.63, 3.8) is 0 Å². The highest BCUT2D eigenvalue weighted by Crippen LogP contribution is 2.46. The molecule has 3 atom stereocenters. The van der Waals surface area contributed by atoms with Crippen molar-refractivity contribution in [3.05, 3.63) is 86.0 Å². The summed E-state index contributed by atoms with van der Waals surface area (Å²) in [6, 6.07) is 11.6. The zero-order chi connectivity index (χ0) is 24.5. The van der Waals surface area contributed by atoms with Crippen LogP contribution in [0.4, 0.5) is 11.4 Å². The topological polar surface area (TPSA) is 124 Å². The van der Waals surface area contributed by atoms with Gasteiger partial charge in [-0.05, 0) is 49.7 Å². The molecular weight excluding hydrogens is 458 g/mol. The van der Waals surface area contributed by atoms with Gasteiger partial charge in [-0.3, -0.25) is 20.2 Å². The lowest BCUT2D eigenvalue weighted by molar-refractivity contribution is -0.385. The number of hydrogen-bond donors (Lipinski definition) is 0. The van der Waals surface area contributed by atoms with Crippen LogP contribution in [0.25, 0.3) is 0 Å². The van der Waals surface area contributed by atoms with E-state index in [1.54, 1.807) is 18.2 Å². The average Bonchev–Trinajstić information content (AvgIpc) is 3.27. The third kappa shape index (κ3) is 4.60. The van der Waals surface area contributed by atoms with Crippen molar-refractivity contribution >= 4 is 21.4 Å². The molecule has 10 heteroatoms. The van der Waals surface area contributed by atoms with Crippen molar-refractivity contribution in [3.8, 4) is 0 Å². The van der Waals surface area contributed by atoms with Gasteiger partial charge in [-0.25, -0.2) is 8.42 Å². The number of hydrogen-bond acceptors (Lipinski definition) is 6. The van der Waals surface area contributed by atoms with Crippen molar-refractivity contribution in [1.82, 2.24) is 4.31 Å². The fraction of sp³-hybridized carbons (Fsp3) is 0.417. The number of nitro benzene ring substituents is 2. The molecule has 1 fully saturated rings. The third-order valence-electron chi connectivity index (χ3n) is 7.06. The number of benzene rings is 2. The number of fused-ring (bicyclic) bond motifs is 2. The molecule has 1 heterocycles.